The second kappa shape index (κ2) is 3.74. The number of benzene rings is 3. The van der Waals surface area contributed by atoms with Gasteiger partial charge in [0.05, 0.1) is 0 Å². The third-order valence-corrected chi connectivity index (χ3v) is 3.37. The van der Waals surface area contributed by atoms with E-state index >= 15 is 0 Å². The second-order valence-corrected chi connectivity index (χ2v) is 4.26. The molecule has 0 heteroatoms. The van der Waals surface area contributed by atoms with Crippen molar-refractivity contribution in [1.29, 1.82) is 0 Å². The third-order valence-electron chi connectivity index (χ3n) is 3.37. The van der Waals surface area contributed by atoms with Gasteiger partial charge < -0.3 is 0 Å². The predicted octanol–water partition coefficient (Wildman–Crippen LogP) is 4.16. The van der Waals surface area contributed by atoms with Crippen LogP contribution in [-0.4, -0.2) is 0 Å². The van der Waals surface area contributed by atoms with E-state index in [9.17, 15) is 0 Å². The second-order valence-electron chi connectivity index (χ2n) is 4.26. The summed E-state index contributed by atoms with van der Waals surface area (Å²) in [5, 5.41) is 6.54. The van der Waals surface area contributed by atoms with Crippen LogP contribution in [0.25, 0.3) is 33.7 Å². The fourth-order valence-corrected chi connectivity index (χ4v) is 2.55. The Bertz CT molecular complexity index is 748. The summed E-state index contributed by atoms with van der Waals surface area (Å²) >= 11 is 0. The topological polar surface area (TPSA) is 0 Å². The Balaban J connectivity index is 2.74. The molecule has 0 N–H and O–H groups in total. The lowest BCUT2D eigenvalue weighted by molar-refractivity contribution is 1.66. The van der Waals surface area contributed by atoms with Gasteiger partial charge in [-0.1, -0.05) is 61.2 Å². The van der Waals surface area contributed by atoms with Crippen LogP contribution in [0.15, 0.2) is 49.0 Å². The number of hydrogen-bond acceptors (Lipinski definition) is 0. The highest BCUT2D eigenvalue weighted by molar-refractivity contribution is 6.12. The van der Waals surface area contributed by atoms with Gasteiger partial charge in [0, 0.05) is 0 Å². The molecule has 0 heterocycles. The highest BCUT2D eigenvalue weighted by Gasteiger charge is 2.05. The first kappa shape index (κ1) is 10.1. The number of rotatable bonds is 1. The average Bonchev–Trinajstić information content (AvgIpc) is 2.40. The molecule has 0 aliphatic carbocycles. The van der Waals surface area contributed by atoms with Crippen LogP contribution in [0.3, 0.4) is 0 Å². The van der Waals surface area contributed by atoms with Gasteiger partial charge in [0.1, 0.15) is 0 Å². The summed E-state index contributed by atoms with van der Waals surface area (Å²) < 4.78 is 0. The molecule has 3 rings (SSSR count). The van der Waals surface area contributed by atoms with Crippen LogP contribution in [0, 0.1) is 0 Å². The Morgan fingerprint density at radius 3 is 2.24 bits per heavy atom. The van der Waals surface area contributed by atoms with Crippen molar-refractivity contribution >= 4 is 33.7 Å². The van der Waals surface area contributed by atoms with E-state index in [1.807, 2.05) is 6.08 Å². The van der Waals surface area contributed by atoms with E-state index in [1.165, 1.54) is 32.3 Å². The molecule has 0 aliphatic heterocycles. The number of hydrogen-bond donors (Lipinski definition) is 0. The smallest absolute Gasteiger partial charge is 0.00269 e. The lowest BCUT2D eigenvalue weighted by atomic mass is 9.95. The molecule has 3 aromatic rings. The Morgan fingerprint density at radius 1 is 0.882 bits per heavy atom. The normalized spacial score (nSPS) is 12.4. The summed E-state index contributed by atoms with van der Waals surface area (Å²) in [5.74, 6) is 0. The fraction of sp³-hybridized carbons (Fsp3) is 0.0588. The van der Waals surface area contributed by atoms with Gasteiger partial charge in [-0.05, 0) is 39.3 Å². The van der Waals surface area contributed by atoms with Gasteiger partial charge in [0.25, 0.3) is 0 Å². The Labute approximate surface area is 101 Å². The van der Waals surface area contributed by atoms with Crippen molar-refractivity contribution in [3.05, 3.63) is 59.8 Å². The maximum atomic E-state index is 3.92. The summed E-state index contributed by atoms with van der Waals surface area (Å²) in [6.07, 6.45) is 4.10. The van der Waals surface area contributed by atoms with E-state index in [2.05, 4.69) is 62.0 Å². The zero-order chi connectivity index (χ0) is 11.8. The van der Waals surface area contributed by atoms with Gasteiger partial charge in [-0.25, -0.2) is 0 Å². The highest BCUT2D eigenvalue weighted by Crippen LogP contribution is 2.27. The van der Waals surface area contributed by atoms with Crippen molar-refractivity contribution < 1.29 is 0 Å². The van der Waals surface area contributed by atoms with Gasteiger partial charge >= 0.3 is 0 Å². The largest absolute Gasteiger partial charge is 0.0984 e. The van der Waals surface area contributed by atoms with E-state index < -0.39 is 0 Å². The molecule has 0 radical (unpaired) electrons. The van der Waals surface area contributed by atoms with Crippen LogP contribution in [0.4, 0.5) is 0 Å². The highest BCUT2D eigenvalue weighted by atomic mass is 14.1. The van der Waals surface area contributed by atoms with E-state index in [-0.39, 0.29) is 0 Å². The van der Waals surface area contributed by atoms with Crippen molar-refractivity contribution in [3.8, 4) is 0 Å². The first-order chi connectivity index (χ1) is 8.35. The van der Waals surface area contributed by atoms with Crippen LogP contribution < -0.4 is 5.22 Å². The quantitative estimate of drug-likeness (QED) is 0.575. The molecule has 0 aliphatic rings. The van der Waals surface area contributed by atoms with Crippen molar-refractivity contribution in [2.45, 2.75) is 6.92 Å². The minimum absolute atomic E-state index is 1.21. The van der Waals surface area contributed by atoms with Gasteiger partial charge in [-0.15, -0.1) is 0 Å². The summed E-state index contributed by atoms with van der Waals surface area (Å²) in [6, 6.07) is 15.1. The molecule has 0 amide bonds. The minimum Gasteiger partial charge on any atom is -0.0984 e. The first-order valence-electron chi connectivity index (χ1n) is 5.88. The maximum absolute atomic E-state index is 3.92. The zero-order valence-electron chi connectivity index (χ0n) is 9.90. The Hall–Kier alpha value is -2.08. The fourth-order valence-electron chi connectivity index (χ4n) is 2.55. The zero-order valence-corrected chi connectivity index (χ0v) is 9.90. The van der Waals surface area contributed by atoms with Crippen LogP contribution >= 0.6 is 0 Å². The van der Waals surface area contributed by atoms with E-state index in [0.29, 0.717) is 0 Å². The Morgan fingerprint density at radius 2 is 1.59 bits per heavy atom. The third kappa shape index (κ3) is 1.38. The molecule has 0 saturated heterocycles. The van der Waals surface area contributed by atoms with Gasteiger partial charge in [0.2, 0.25) is 0 Å². The standard InChI is InChI=1S/C17H14/c1-3-12-8-10-14-6-5-7-15-11-9-13(4-2)16(12)17(14)15/h3-11H,1H2,2H3. The summed E-state index contributed by atoms with van der Waals surface area (Å²) in [7, 11) is 0. The van der Waals surface area contributed by atoms with E-state index in [0.717, 1.165) is 0 Å². The maximum Gasteiger partial charge on any atom is -0.00269 e. The van der Waals surface area contributed by atoms with Gasteiger partial charge in [0.15, 0.2) is 0 Å². The summed E-state index contributed by atoms with van der Waals surface area (Å²) in [6.45, 7) is 6.00. The van der Waals surface area contributed by atoms with Crippen molar-refractivity contribution in [1.82, 2.24) is 0 Å². The first-order valence-corrected chi connectivity index (χ1v) is 5.88. The van der Waals surface area contributed by atoms with Crippen molar-refractivity contribution in [2.75, 3.05) is 0 Å². The van der Waals surface area contributed by atoms with E-state index in [4.69, 9.17) is 0 Å². The van der Waals surface area contributed by atoms with Crippen molar-refractivity contribution in [2.24, 2.45) is 0 Å². The lowest BCUT2D eigenvalue weighted by Crippen LogP contribution is -2.02. The molecular formula is C17H14. The van der Waals surface area contributed by atoms with E-state index in [1.54, 1.807) is 0 Å². The average molecular weight is 218 g/mol. The molecular weight excluding hydrogens is 204 g/mol. The molecule has 82 valence electrons. The molecule has 0 nitrogen and oxygen atoms in total. The molecule has 0 fully saturated rings. The molecule has 0 saturated carbocycles. The van der Waals surface area contributed by atoms with Crippen molar-refractivity contribution in [3.63, 3.8) is 0 Å². The predicted molar refractivity (Wildman–Crippen MR) is 76.9 cm³/mol. The molecule has 0 aromatic heterocycles. The SMILES string of the molecule is C=Cc1ccc2cccc3ccc(=CC)c1c23. The molecule has 0 spiro atoms. The minimum atomic E-state index is 1.21. The monoisotopic (exact) mass is 218 g/mol. The van der Waals surface area contributed by atoms with Crippen LogP contribution in [0.5, 0.6) is 0 Å². The van der Waals surface area contributed by atoms with Crippen LogP contribution in [0.2, 0.25) is 0 Å². The molecule has 0 atom stereocenters. The van der Waals surface area contributed by atoms with Crippen LogP contribution in [0.1, 0.15) is 12.5 Å². The van der Waals surface area contributed by atoms with Gasteiger partial charge in [-0.3, -0.25) is 0 Å². The Kier molecular flexibility index (Phi) is 2.22. The lowest BCUT2D eigenvalue weighted by Gasteiger charge is -2.09. The van der Waals surface area contributed by atoms with Crippen LogP contribution in [-0.2, 0) is 0 Å². The molecule has 0 bridgehead atoms. The summed E-state index contributed by atoms with van der Waals surface area (Å²) in [4.78, 5) is 0. The molecule has 17 heavy (non-hydrogen) atoms. The molecule has 3 aromatic carbocycles. The molecule has 0 unspecified atom stereocenters. The van der Waals surface area contributed by atoms with Gasteiger partial charge in [-0.2, -0.15) is 0 Å². The summed E-state index contributed by atoms with van der Waals surface area (Å²) in [5.41, 5.74) is 1.21.